The van der Waals surface area contributed by atoms with Crippen molar-refractivity contribution >= 4 is 7.82 Å². The highest BCUT2D eigenvalue weighted by Crippen LogP contribution is 2.41. The van der Waals surface area contributed by atoms with Crippen LogP contribution in [-0.4, -0.2) is 9.79 Å². The minimum atomic E-state index is -4.59. The third kappa shape index (κ3) is 15.8. The van der Waals surface area contributed by atoms with Crippen molar-refractivity contribution in [1.82, 2.24) is 0 Å². The van der Waals surface area contributed by atoms with Crippen LogP contribution in [-0.2, 0) is 23.8 Å². The first-order valence-corrected chi connectivity index (χ1v) is 15.9. The van der Waals surface area contributed by atoms with Crippen LogP contribution < -0.4 is 4.52 Å². The van der Waals surface area contributed by atoms with E-state index in [1.165, 1.54) is 68.9 Å². The first-order valence-electron chi connectivity index (χ1n) is 14.4. The molecule has 0 bridgehead atoms. The lowest BCUT2D eigenvalue weighted by Gasteiger charge is -2.20. The SMILES string of the molecule is CC(C)CCCCCc1ccc(OP(=O)(O)O)c(CCCCCC(C)C)c1CCCCCC(C)C. The fraction of sp³-hybridized carbons (Fsp3) is 0.800. The van der Waals surface area contributed by atoms with E-state index in [-0.39, 0.29) is 0 Å². The fourth-order valence-electron chi connectivity index (χ4n) is 4.86. The molecule has 2 N–H and O–H groups in total. The Hall–Kier alpha value is -0.830. The van der Waals surface area contributed by atoms with Crippen LogP contribution in [0.3, 0.4) is 0 Å². The molecule has 0 aliphatic carbocycles. The van der Waals surface area contributed by atoms with Gasteiger partial charge in [-0.1, -0.05) is 105 Å². The Kier molecular flexibility index (Phi) is 16.2. The van der Waals surface area contributed by atoms with Gasteiger partial charge in [0.15, 0.2) is 0 Å². The Labute approximate surface area is 216 Å². The summed E-state index contributed by atoms with van der Waals surface area (Å²) in [5, 5.41) is 0. The molecule has 0 spiro atoms. The Morgan fingerprint density at radius 3 is 1.49 bits per heavy atom. The fourth-order valence-corrected chi connectivity index (χ4v) is 5.29. The number of benzene rings is 1. The summed E-state index contributed by atoms with van der Waals surface area (Å²) in [5.74, 6) is 2.59. The third-order valence-electron chi connectivity index (χ3n) is 6.85. The molecule has 1 aromatic carbocycles. The van der Waals surface area contributed by atoms with E-state index >= 15 is 0 Å². The highest BCUT2D eigenvalue weighted by Gasteiger charge is 2.21. The van der Waals surface area contributed by atoms with Crippen LogP contribution in [0.2, 0.25) is 0 Å². The van der Waals surface area contributed by atoms with Gasteiger partial charge in [-0.25, -0.2) is 4.57 Å². The van der Waals surface area contributed by atoms with E-state index in [0.717, 1.165) is 55.9 Å². The van der Waals surface area contributed by atoms with Crippen molar-refractivity contribution in [3.63, 3.8) is 0 Å². The van der Waals surface area contributed by atoms with Crippen LogP contribution in [0.4, 0.5) is 0 Å². The Balaban J connectivity index is 3.04. The van der Waals surface area contributed by atoms with Crippen LogP contribution in [0.25, 0.3) is 0 Å². The van der Waals surface area contributed by atoms with Gasteiger partial charge >= 0.3 is 7.82 Å². The lowest BCUT2D eigenvalue weighted by molar-refractivity contribution is 0.282. The van der Waals surface area contributed by atoms with Gasteiger partial charge in [0.2, 0.25) is 0 Å². The van der Waals surface area contributed by atoms with Crippen molar-refractivity contribution in [3.8, 4) is 5.75 Å². The second-order valence-electron chi connectivity index (χ2n) is 11.7. The van der Waals surface area contributed by atoms with E-state index in [1.807, 2.05) is 6.07 Å². The van der Waals surface area contributed by atoms with Crippen molar-refractivity contribution in [1.29, 1.82) is 0 Å². The first-order chi connectivity index (χ1) is 16.5. The van der Waals surface area contributed by atoms with E-state index < -0.39 is 7.82 Å². The van der Waals surface area contributed by atoms with E-state index in [1.54, 1.807) is 0 Å². The minimum Gasteiger partial charge on any atom is -0.404 e. The summed E-state index contributed by atoms with van der Waals surface area (Å²) in [4.78, 5) is 19.1. The highest BCUT2D eigenvalue weighted by molar-refractivity contribution is 7.46. The lowest BCUT2D eigenvalue weighted by atomic mass is 9.89. The molecule has 0 heterocycles. The third-order valence-corrected chi connectivity index (χ3v) is 7.28. The van der Waals surface area contributed by atoms with Crippen molar-refractivity contribution in [2.45, 2.75) is 138 Å². The van der Waals surface area contributed by atoms with Crippen molar-refractivity contribution in [2.24, 2.45) is 17.8 Å². The second kappa shape index (κ2) is 17.6. The van der Waals surface area contributed by atoms with Crippen molar-refractivity contribution in [2.75, 3.05) is 0 Å². The maximum absolute atomic E-state index is 11.7. The van der Waals surface area contributed by atoms with Gasteiger partial charge in [-0.05, 0) is 79.0 Å². The van der Waals surface area contributed by atoms with Gasteiger partial charge in [-0.3, -0.25) is 9.79 Å². The van der Waals surface area contributed by atoms with Gasteiger partial charge in [-0.15, -0.1) is 0 Å². The molecule has 0 amide bonds. The minimum absolute atomic E-state index is 0.392. The van der Waals surface area contributed by atoms with Crippen molar-refractivity contribution < 1.29 is 18.9 Å². The number of phosphoric ester groups is 1. The molecule has 0 radical (unpaired) electrons. The van der Waals surface area contributed by atoms with Crippen LogP contribution in [0.15, 0.2) is 12.1 Å². The molecule has 35 heavy (non-hydrogen) atoms. The number of rotatable bonds is 20. The smallest absolute Gasteiger partial charge is 0.404 e. The zero-order chi connectivity index (χ0) is 26.3. The average Bonchev–Trinajstić information content (AvgIpc) is 2.73. The predicted molar refractivity (Wildman–Crippen MR) is 150 cm³/mol. The molecule has 5 heteroatoms. The largest absolute Gasteiger partial charge is 0.524 e. The molecule has 0 aliphatic heterocycles. The molecule has 1 aromatic rings. The summed E-state index contributed by atoms with van der Waals surface area (Å²) >= 11 is 0. The highest BCUT2D eigenvalue weighted by atomic mass is 31.2. The van der Waals surface area contributed by atoms with Gasteiger partial charge in [0.1, 0.15) is 5.75 Å². The average molecular weight is 511 g/mol. The second-order valence-corrected chi connectivity index (χ2v) is 12.9. The number of hydrogen-bond acceptors (Lipinski definition) is 2. The molecule has 0 atom stereocenters. The van der Waals surface area contributed by atoms with Crippen LogP contribution in [0, 0.1) is 17.8 Å². The van der Waals surface area contributed by atoms with E-state index in [2.05, 4.69) is 47.6 Å². The zero-order valence-electron chi connectivity index (χ0n) is 23.7. The first kappa shape index (κ1) is 32.2. The molecule has 0 aliphatic rings. The standard InChI is InChI=1S/C30H55O4P/c1-24(2)16-10-7-13-19-27-22-23-30(34-35(31,32)33)29(21-15-9-12-18-26(5)6)28(27)20-14-8-11-17-25(3)4/h22-26H,7-21H2,1-6H3,(H2,31,32,33). The predicted octanol–water partition coefficient (Wildman–Crippen LogP) is 9.43. The topological polar surface area (TPSA) is 66.8 Å². The molecule has 0 aromatic heterocycles. The van der Waals surface area contributed by atoms with E-state index in [4.69, 9.17) is 4.52 Å². The zero-order valence-corrected chi connectivity index (χ0v) is 24.5. The number of phosphoric acid groups is 1. The summed E-state index contributed by atoms with van der Waals surface area (Å²) < 4.78 is 17.0. The Morgan fingerprint density at radius 1 is 0.629 bits per heavy atom. The molecular formula is C30H55O4P. The van der Waals surface area contributed by atoms with E-state index in [9.17, 15) is 14.4 Å². The normalized spacial score (nSPS) is 12.3. The molecule has 0 saturated heterocycles. The van der Waals surface area contributed by atoms with Gasteiger partial charge in [0.05, 0.1) is 0 Å². The van der Waals surface area contributed by atoms with Gasteiger partial charge in [-0.2, -0.15) is 0 Å². The molecule has 204 valence electrons. The molecule has 0 saturated carbocycles. The quantitative estimate of drug-likeness (QED) is 0.135. The van der Waals surface area contributed by atoms with Crippen molar-refractivity contribution in [3.05, 3.63) is 28.8 Å². The van der Waals surface area contributed by atoms with E-state index in [0.29, 0.717) is 11.7 Å². The molecule has 1 rings (SSSR count). The van der Waals surface area contributed by atoms with Gasteiger partial charge < -0.3 is 4.52 Å². The van der Waals surface area contributed by atoms with Crippen LogP contribution in [0.5, 0.6) is 5.75 Å². The maximum Gasteiger partial charge on any atom is 0.524 e. The summed E-state index contributed by atoms with van der Waals surface area (Å²) in [7, 11) is -4.59. The number of aryl methyl sites for hydroxylation is 1. The number of unbranched alkanes of at least 4 members (excludes halogenated alkanes) is 6. The summed E-state index contributed by atoms with van der Waals surface area (Å²) in [6.45, 7) is 13.6. The van der Waals surface area contributed by atoms with Gasteiger partial charge in [0.25, 0.3) is 0 Å². The number of hydrogen-bond donors (Lipinski definition) is 2. The summed E-state index contributed by atoms with van der Waals surface area (Å²) in [5.41, 5.74) is 3.70. The van der Waals surface area contributed by atoms with Crippen LogP contribution >= 0.6 is 7.82 Å². The lowest BCUT2D eigenvalue weighted by Crippen LogP contribution is -2.06. The summed E-state index contributed by atoms with van der Waals surface area (Å²) in [6.07, 6.45) is 17.2. The monoisotopic (exact) mass is 510 g/mol. The van der Waals surface area contributed by atoms with Gasteiger partial charge in [0, 0.05) is 0 Å². The molecule has 0 unspecified atom stereocenters. The Morgan fingerprint density at radius 2 is 1.06 bits per heavy atom. The van der Waals surface area contributed by atoms with Crippen LogP contribution in [0.1, 0.15) is 135 Å². The summed E-state index contributed by atoms with van der Waals surface area (Å²) in [6, 6.07) is 3.88. The molecular weight excluding hydrogens is 455 g/mol. The molecule has 0 fully saturated rings. The molecule has 4 nitrogen and oxygen atoms in total. The Bertz CT molecular complexity index is 736. The maximum atomic E-state index is 11.7.